The van der Waals surface area contributed by atoms with Crippen molar-refractivity contribution in [3.05, 3.63) is 51.2 Å². The van der Waals surface area contributed by atoms with Crippen LogP contribution in [-0.4, -0.2) is 15.5 Å². The normalized spacial score (nSPS) is 13.2. The Morgan fingerprint density at radius 3 is 2.65 bits per heavy atom. The Bertz CT molecular complexity index is 678. The summed E-state index contributed by atoms with van der Waals surface area (Å²) < 4.78 is 29.9. The third-order valence-corrected chi connectivity index (χ3v) is 6.70. The highest BCUT2D eigenvalue weighted by Crippen LogP contribution is 2.31. The summed E-state index contributed by atoms with van der Waals surface area (Å²) in [5, 5.41) is 1.76. The van der Waals surface area contributed by atoms with E-state index in [-0.39, 0.29) is 5.75 Å². The summed E-state index contributed by atoms with van der Waals surface area (Å²) in [5.74, 6) is 0.539. The summed E-state index contributed by atoms with van der Waals surface area (Å²) in [7, 11) is -1.75. The lowest BCUT2D eigenvalue weighted by Gasteiger charge is -2.12. The zero-order valence-corrected chi connectivity index (χ0v) is 13.6. The van der Waals surface area contributed by atoms with Crippen LogP contribution in [0.15, 0.2) is 35.7 Å². The van der Waals surface area contributed by atoms with Crippen LogP contribution in [-0.2, 0) is 15.6 Å². The average Bonchev–Trinajstić information content (AvgIpc) is 2.93. The molecule has 1 heterocycles. The highest BCUT2D eigenvalue weighted by Gasteiger charge is 2.24. The van der Waals surface area contributed by atoms with Crippen LogP contribution >= 0.6 is 22.9 Å². The predicted octanol–water partition coefficient (Wildman–Crippen LogP) is 4.09. The zero-order chi connectivity index (χ0) is 14.8. The molecule has 20 heavy (non-hydrogen) atoms. The van der Waals surface area contributed by atoms with Crippen molar-refractivity contribution < 1.29 is 13.2 Å². The number of methoxy groups -OCH3 is 1. The smallest absolute Gasteiger partial charge is 0.162 e. The Morgan fingerprint density at radius 2 is 2.10 bits per heavy atom. The number of halogens is 1. The Balaban J connectivity index is 2.24. The molecule has 6 heteroatoms. The maximum Gasteiger partial charge on any atom is 0.162 e. The van der Waals surface area contributed by atoms with E-state index in [1.807, 2.05) is 17.5 Å². The van der Waals surface area contributed by atoms with Crippen molar-refractivity contribution >= 4 is 32.8 Å². The van der Waals surface area contributed by atoms with Crippen molar-refractivity contribution in [1.29, 1.82) is 0 Å². The number of hydrogen-bond acceptors (Lipinski definition) is 4. The van der Waals surface area contributed by atoms with Gasteiger partial charge < -0.3 is 4.74 Å². The maximum absolute atomic E-state index is 12.4. The van der Waals surface area contributed by atoms with Crippen LogP contribution < -0.4 is 4.74 Å². The van der Waals surface area contributed by atoms with E-state index < -0.39 is 15.1 Å². The number of sulfone groups is 1. The van der Waals surface area contributed by atoms with Crippen molar-refractivity contribution in [2.24, 2.45) is 0 Å². The van der Waals surface area contributed by atoms with Crippen molar-refractivity contribution in [2.45, 2.75) is 17.9 Å². The third kappa shape index (κ3) is 3.34. The van der Waals surface area contributed by atoms with Crippen molar-refractivity contribution in [1.82, 2.24) is 0 Å². The second-order valence-corrected chi connectivity index (χ2v) is 8.13. The highest BCUT2D eigenvalue weighted by molar-refractivity contribution is 7.91. The fourth-order valence-corrected chi connectivity index (χ4v) is 4.77. The monoisotopic (exact) mass is 330 g/mol. The molecule has 0 saturated heterocycles. The molecular formula is C14H15ClO3S2. The average molecular weight is 331 g/mol. The molecule has 1 aromatic heterocycles. The fraction of sp³-hybridized carbons (Fsp3) is 0.286. The topological polar surface area (TPSA) is 43.4 Å². The summed E-state index contributed by atoms with van der Waals surface area (Å²) in [6, 6.07) is 8.73. The number of benzene rings is 1. The molecule has 0 bridgehead atoms. The van der Waals surface area contributed by atoms with Crippen LogP contribution in [0.1, 0.15) is 22.6 Å². The first-order chi connectivity index (χ1) is 9.44. The first-order valence-electron chi connectivity index (χ1n) is 6.01. The van der Waals surface area contributed by atoms with E-state index in [0.717, 1.165) is 4.88 Å². The molecule has 0 spiro atoms. The molecule has 2 rings (SSSR count). The number of hydrogen-bond donors (Lipinski definition) is 0. The van der Waals surface area contributed by atoms with Crippen molar-refractivity contribution in [3.63, 3.8) is 0 Å². The molecule has 0 aliphatic rings. The number of ether oxygens (including phenoxy) is 1. The fourth-order valence-electron chi connectivity index (χ4n) is 1.81. The maximum atomic E-state index is 12.4. The molecule has 1 atom stereocenters. The molecule has 2 aromatic rings. The largest absolute Gasteiger partial charge is 0.497 e. The van der Waals surface area contributed by atoms with Gasteiger partial charge in [0.15, 0.2) is 9.84 Å². The van der Waals surface area contributed by atoms with Crippen molar-refractivity contribution in [2.75, 3.05) is 7.11 Å². The SMILES string of the molecule is COc1ccc(CS(=O)(=O)C(C)c2cccs2)c(Cl)c1. The standard InChI is InChI=1S/C14H15ClO3S2/c1-10(14-4-3-7-19-14)20(16,17)9-11-5-6-12(18-2)8-13(11)15/h3-8,10H,9H2,1-2H3. The molecule has 1 unspecified atom stereocenters. The van der Waals surface area contributed by atoms with Gasteiger partial charge in [-0.05, 0) is 36.1 Å². The molecular weight excluding hydrogens is 316 g/mol. The summed E-state index contributed by atoms with van der Waals surface area (Å²) in [6.45, 7) is 1.71. The molecule has 0 fully saturated rings. The Labute approximate surface area is 128 Å². The van der Waals surface area contributed by atoms with Gasteiger partial charge in [0.25, 0.3) is 0 Å². The van der Waals surface area contributed by atoms with Gasteiger partial charge in [0, 0.05) is 9.90 Å². The van der Waals surface area contributed by atoms with Gasteiger partial charge in [-0.25, -0.2) is 8.42 Å². The van der Waals surface area contributed by atoms with Crippen molar-refractivity contribution in [3.8, 4) is 5.75 Å². The first kappa shape index (κ1) is 15.4. The molecule has 0 N–H and O–H groups in total. The van der Waals surface area contributed by atoms with E-state index in [0.29, 0.717) is 16.3 Å². The Hall–Kier alpha value is -1.04. The quantitative estimate of drug-likeness (QED) is 0.829. The number of rotatable bonds is 5. The van der Waals surface area contributed by atoms with Gasteiger partial charge in [-0.3, -0.25) is 0 Å². The Morgan fingerprint density at radius 1 is 1.35 bits per heavy atom. The predicted molar refractivity (Wildman–Crippen MR) is 83.4 cm³/mol. The van der Waals surface area contributed by atoms with Gasteiger partial charge >= 0.3 is 0 Å². The van der Waals surface area contributed by atoms with Gasteiger partial charge in [0.1, 0.15) is 5.75 Å². The van der Waals surface area contributed by atoms with Gasteiger partial charge in [-0.1, -0.05) is 23.7 Å². The molecule has 3 nitrogen and oxygen atoms in total. The molecule has 0 aliphatic carbocycles. The summed E-state index contributed by atoms with van der Waals surface area (Å²) in [6.07, 6.45) is 0. The molecule has 0 aliphatic heterocycles. The lowest BCUT2D eigenvalue weighted by atomic mass is 10.2. The van der Waals surface area contributed by atoms with E-state index in [2.05, 4.69) is 0 Å². The zero-order valence-electron chi connectivity index (χ0n) is 11.2. The molecule has 0 amide bonds. The van der Waals surface area contributed by atoms with Crippen LogP contribution in [0.5, 0.6) is 5.75 Å². The third-order valence-electron chi connectivity index (χ3n) is 3.10. The number of thiophene rings is 1. The van der Waals surface area contributed by atoms with Gasteiger partial charge in [0.05, 0.1) is 18.1 Å². The van der Waals surface area contributed by atoms with Crippen LogP contribution in [0.3, 0.4) is 0 Å². The van der Waals surface area contributed by atoms with Gasteiger partial charge in [0.2, 0.25) is 0 Å². The van der Waals surface area contributed by atoms with E-state index in [1.54, 1.807) is 32.2 Å². The van der Waals surface area contributed by atoms with E-state index in [4.69, 9.17) is 16.3 Å². The second kappa shape index (κ2) is 6.16. The first-order valence-corrected chi connectivity index (χ1v) is 8.98. The van der Waals surface area contributed by atoms with Crippen LogP contribution in [0, 0.1) is 0 Å². The molecule has 0 radical (unpaired) electrons. The van der Waals surface area contributed by atoms with Crippen LogP contribution in [0.2, 0.25) is 5.02 Å². The summed E-state index contributed by atoms with van der Waals surface area (Å²) >= 11 is 7.55. The van der Waals surface area contributed by atoms with E-state index in [1.165, 1.54) is 11.3 Å². The Kier molecular flexibility index (Phi) is 4.73. The lowest BCUT2D eigenvalue weighted by Crippen LogP contribution is -2.12. The lowest BCUT2D eigenvalue weighted by molar-refractivity contribution is 0.414. The molecule has 0 saturated carbocycles. The van der Waals surface area contributed by atoms with Gasteiger partial charge in [-0.15, -0.1) is 11.3 Å². The minimum Gasteiger partial charge on any atom is -0.497 e. The van der Waals surface area contributed by atoms with Crippen LogP contribution in [0.4, 0.5) is 0 Å². The van der Waals surface area contributed by atoms with E-state index in [9.17, 15) is 8.42 Å². The minimum absolute atomic E-state index is 0.0745. The highest BCUT2D eigenvalue weighted by atomic mass is 35.5. The summed E-state index contributed by atoms with van der Waals surface area (Å²) in [5.41, 5.74) is 0.593. The van der Waals surface area contributed by atoms with Crippen LogP contribution in [0.25, 0.3) is 0 Å². The molecule has 108 valence electrons. The van der Waals surface area contributed by atoms with Gasteiger partial charge in [-0.2, -0.15) is 0 Å². The molecule has 1 aromatic carbocycles. The summed E-state index contributed by atoms with van der Waals surface area (Å²) in [4.78, 5) is 0.842. The second-order valence-electron chi connectivity index (χ2n) is 4.42. The van der Waals surface area contributed by atoms with E-state index >= 15 is 0 Å². The minimum atomic E-state index is -3.29.